The topological polar surface area (TPSA) is 72.1 Å². The van der Waals surface area contributed by atoms with Crippen molar-refractivity contribution in [3.8, 4) is 0 Å². The molecule has 2 heterocycles. The van der Waals surface area contributed by atoms with Crippen molar-refractivity contribution < 1.29 is 0 Å². The molecule has 0 aliphatic rings. The van der Waals surface area contributed by atoms with Crippen molar-refractivity contribution in [3.63, 3.8) is 0 Å². The lowest BCUT2D eigenvalue weighted by Crippen LogP contribution is -2.37. The number of hydrogen-bond donors (Lipinski definition) is 2. The van der Waals surface area contributed by atoms with Gasteiger partial charge in [-0.05, 0) is 24.1 Å². The van der Waals surface area contributed by atoms with E-state index in [2.05, 4.69) is 45.2 Å². The quantitative estimate of drug-likeness (QED) is 0.324. The molecule has 0 unspecified atom stereocenters. The highest BCUT2D eigenvalue weighted by Crippen LogP contribution is 2.02. The van der Waals surface area contributed by atoms with E-state index in [1.165, 1.54) is 11.1 Å². The lowest BCUT2D eigenvalue weighted by atomic mass is 10.2. The van der Waals surface area contributed by atoms with Crippen LogP contribution in [-0.4, -0.2) is 25.3 Å². The lowest BCUT2D eigenvalue weighted by Gasteiger charge is -2.12. The molecule has 1 aromatic carbocycles. The van der Waals surface area contributed by atoms with E-state index in [1.54, 1.807) is 0 Å². The van der Waals surface area contributed by atoms with Crippen LogP contribution in [0.3, 0.4) is 0 Å². The van der Waals surface area contributed by atoms with Gasteiger partial charge in [-0.2, -0.15) is 0 Å². The van der Waals surface area contributed by atoms with Crippen molar-refractivity contribution in [3.05, 3.63) is 71.6 Å². The molecule has 0 spiro atoms. The fourth-order valence-electron chi connectivity index (χ4n) is 2.55. The number of nitrogens with zero attached hydrogens (tertiary/aromatic N) is 5. The van der Waals surface area contributed by atoms with E-state index in [-0.39, 0.29) is 24.0 Å². The largest absolute Gasteiger partial charge is 0.357 e. The van der Waals surface area contributed by atoms with Crippen molar-refractivity contribution in [1.29, 1.82) is 0 Å². The summed E-state index contributed by atoms with van der Waals surface area (Å²) in [6.45, 7) is 3.82. The number of rotatable bonds is 6. The molecule has 7 nitrogen and oxygen atoms in total. The van der Waals surface area contributed by atoms with Crippen LogP contribution in [0.5, 0.6) is 0 Å². The number of hydrogen-bond acceptors (Lipinski definition) is 3. The van der Waals surface area contributed by atoms with Crippen LogP contribution >= 0.6 is 24.0 Å². The molecule has 144 valence electrons. The summed E-state index contributed by atoms with van der Waals surface area (Å²) in [6, 6.07) is 12.3. The summed E-state index contributed by atoms with van der Waals surface area (Å²) in [5.41, 5.74) is 2.37. The number of aromatic nitrogens is 4. The van der Waals surface area contributed by atoms with Gasteiger partial charge in [0, 0.05) is 33.0 Å². The Morgan fingerprint density at radius 2 is 1.74 bits per heavy atom. The molecule has 3 aromatic rings. The second-order valence-electron chi connectivity index (χ2n) is 6.27. The fourth-order valence-corrected chi connectivity index (χ4v) is 2.55. The molecule has 0 atom stereocenters. The average Bonchev–Trinajstić information content (AvgIpc) is 3.21. The lowest BCUT2D eigenvalue weighted by molar-refractivity contribution is 0.714. The molecule has 0 aliphatic heterocycles. The minimum Gasteiger partial charge on any atom is -0.357 e. The van der Waals surface area contributed by atoms with E-state index >= 15 is 0 Å². The van der Waals surface area contributed by atoms with E-state index in [0.29, 0.717) is 19.6 Å². The Morgan fingerprint density at radius 1 is 1.00 bits per heavy atom. The molecule has 0 saturated carbocycles. The smallest absolute Gasteiger partial charge is 0.192 e. The molecule has 8 heteroatoms. The van der Waals surface area contributed by atoms with Crippen LogP contribution in [0.15, 0.2) is 53.8 Å². The highest BCUT2D eigenvalue weighted by Gasteiger charge is 2.06. The number of aliphatic imine (C=N–C) groups is 1. The predicted molar refractivity (Wildman–Crippen MR) is 118 cm³/mol. The zero-order valence-corrected chi connectivity index (χ0v) is 18.2. The van der Waals surface area contributed by atoms with Crippen molar-refractivity contribution >= 4 is 29.9 Å². The third-order valence-electron chi connectivity index (χ3n) is 4.21. The molecule has 0 amide bonds. The van der Waals surface area contributed by atoms with Crippen molar-refractivity contribution in [2.75, 3.05) is 0 Å². The van der Waals surface area contributed by atoms with Crippen LogP contribution in [0.1, 0.15) is 22.8 Å². The van der Waals surface area contributed by atoms with E-state index < -0.39 is 0 Å². The Kier molecular flexibility index (Phi) is 7.83. The highest BCUT2D eigenvalue weighted by atomic mass is 127. The second-order valence-corrected chi connectivity index (χ2v) is 6.27. The van der Waals surface area contributed by atoms with E-state index in [9.17, 15) is 0 Å². The number of guanidine groups is 1. The standard InChI is InChI=1S/C19H25N7.HI/c1-15-23-24-18(26(15)3)13-22-19(20-11-16-7-5-4-6-8-16)21-12-17-9-10-25(2)14-17;/h4-10,14H,11-13H2,1-3H3,(H2,20,21,22);1H. The Morgan fingerprint density at radius 3 is 2.37 bits per heavy atom. The van der Waals surface area contributed by atoms with Gasteiger partial charge in [0.15, 0.2) is 11.8 Å². The summed E-state index contributed by atoms with van der Waals surface area (Å²) in [5, 5.41) is 15.0. The number of benzene rings is 1. The van der Waals surface area contributed by atoms with Gasteiger partial charge in [-0.1, -0.05) is 30.3 Å². The first-order chi connectivity index (χ1) is 12.6. The Balaban J connectivity index is 0.00000261. The first kappa shape index (κ1) is 20.9. The summed E-state index contributed by atoms with van der Waals surface area (Å²) in [7, 11) is 3.97. The molecule has 0 radical (unpaired) electrons. The van der Waals surface area contributed by atoms with E-state index in [4.69, 9.17) is 4.99 Å². The molecular formula is C19H26IN7. The van der Waals surface area contributed by atoms with Gasteiger partial charge in [0.05, 0.1) is 13.1 Å². The normalized spacial score (nSPS) is 11.1. The molecule has 0 bridgehead atoms. The van der Waals surface area contributed by atoms with Gasteiger partial charge in [-0.3, -0.25) is 0 Å². The molecule has 2 aromatic heterocycles. The molecule has 3 rings (SSSR count). The summed E-state index contributed by atoms with van der Waals surface area (Å²) >= 11 is 0. The number of nitrogens with one attached hydrogen (secondary N) is 2. The van der Waals surface area contributed by atoms with Gasteiger partial charge < -0.3 is 19.8 Å². The van der Waals surface area contributed by atoms with Crippen LogP contribution in [0.25, 0.3) is 0 Å². The van der Waals surface area contributed by atoms with Crippen molar-refractivity contribution in [1.82, 2.24) is 30.0 Å². The van der Waals surface area contributed by atoms with Crippen LogP contribution in [-0.2, 0) is 33.7 Å². The van der Waals surface area contributed by atoms with Gasteiger partial charge in [0.1, 0.15) is 5.82 Å². The maximum Gasteiger partial charge on any atom is 0.192 e. The van der Waals surface area contributed by atoms with Crippen LogP contribution in [0.4, 0.5) is 0 Å². The predicted octanol–water partition coefficient (Wildman–Crippen LogP) is 2.52. The van der Waals surface area contributed by atoms with Gasteiger partial charge in [0.25, 0.3) is 0 Å². The fraction of sp³-hybridized carbons (Fsp3) is 0.316. The maximum atomic E-state index is 4.70. The first-order valence-corrected chi connectivity index (χ1v) is 8.63. The maximum absolute atomic E-state index is 4.70. The molecule has 0 saturated heterocycles. The average molecular weight is 479 g/mol. The highest BCUT2D eigenvalue weighted by molar-refractivity contribution is 14.0. The minimum atomic E-state index is 0. The third kappa shape index (κ3) is 6.09. The summed E-state index contributed by atoms with van der Waals surface area (Å²) in [4.78, 5) is 4.70. The molecular weight excluding hydrogens is 453 g/mol. The van der Waals surface area contributed by atoms with E-state index in [1.807, 2.05) is 54.5 Å². The Bertz CT molecular complexity index is 867. The molecule has 27 heavy (non-hydrogen) atoms. The molecule has 0 aliphatic carbocycles. The van der Waals surface area contributed by atoms with E-state index in [0.717, 1.165) is 17.6 Å². The summed E-state index contributed by atoms with van der Waals surface area (Å²) in [5.74, 6) is 2.51. The minimum absolute atomic E-state index is 0. The van der Waals surface area contributed by atoms with Crippen molar-refractivity contribution in [2.45, 2.75) is 26.6 Å². The summed E-state index contributed by atoms with van der Waals surface area (Å²) in [6.07, 6.45) is 4.10. The van der Waals surface area contributed by atoms with Crippen LogP contribution in [0.2, 0.25) is 0 Å². The van der Waals surface area contributed by atoms with Crippen LogP contribution in [0, 0.1) is 6.92 Å². The van der Waals surface area contributed by atoms with Gasteiger partial charge >= 0.3 is 0 Å². The zero-order chi connectivity index (χ0) is 18.4. The number of aryl methyl sites for hydroxylation is 2. The monoisotopic (exact) mass is 479 g/mol. The molecule has 0 fully saturated rings. The first-order valence-electron chi connectivity index (χ1n) is 8.63. The van der Waals surface area contributed by atoms with Crippen LogP contribution < -0.4 is 10.6 Å². The SMILES string of the molecule is Cc1nnc(CNC(=NCc2ccn(C)c2)NCc2ccccc2)n1C.I. The second kappa shape index (κ2) is 10.1. The van der Waals surface area contributed by atoms with Gasteiger partial charge in [0.2, 0.25) is 0 Å². The third-order valence-corrected chi connectivity index (χ3v) is 4.21. The number of halogens is 1. The van der Waals surface area contributed by atoms with Gasteiger partial charge in [-0.25, -0.2) is 4.99 Å². The zero-order valence-electron chi connectivity index (χ0n) is 15.9. The Hall–Kier alpha value is -2.36. The Labute approximate surface area is 176 Å². The molecule has 2 N–H and O–H groups in total. The summed E-state index contributed by atoms with van der Waals surface area (Å²) < 4.78 is 4.00. The van der Waals surface area contributed by atoms with Gasteiger partial charge in [-0.15, -0.1) is 34.2 Å². The van der Waals surface area contributed by atoms with Crippen molar-refractivity contribution in [2.24, 2.45) is 19.1 Å².